The number of hydrogen-bond acceptors (Lipinski definition) is 2. The van der Waals surface area contributed by atoms with Gasteiger partial charge in [0.25, 0.3) is 0 Å². The van der Waals surface area contributed by atoms with Gasteiger partial charge < -0.3 is 0 Å². The summed E-state index contributed by atoms with van der Waals surface area (Å²) in [5.41, 5.74) is -1.33. The molecule has 0 amide bonds. The monoisotopic (exact) mass is 277 g/mol. The summed E-state index contributed by atoms with van der Waals surface area (Å²) >= 11 is 0. The third kappa shape index (κ3) is 3.03. The molecule has 0 aromatic heterocycles. The van der Waals surface area contributed by atoms with Crippen LogP contribution in [0.1, 0.15) is 13.8 Å². The molecule has 0 fully saturated rings. The van der Waals surface area contributed by atoms with E-state index in [9.17, 15) is 21.6 Å². The smallest absolute Gasteiger partial charge is 0.207 e. The molecule has 1 aromatic rings. The predicted molar refractivity (Wildman–Crippen MR) is 59.5 cm³/mol. The molecular weight excluding hydrogens is 267 g/mol. The summed E-state index contributed by atoms with van der Waals surface area (Å²) in [6.07, 6.45) is 5.07. The van der Waals surface area contributed by atoms with Crippen molar-refractivity contribution in [1.29, 1.82) is 0 Å². The van der Waals surface area contributed by atoms with Crippen LogP contribution in [0.2, 0.25) is 0 Å². The zero-order valence-electron chi connectivity index (χ0n) is 9.59. The van der Waals surface area contributed by atoms with E-state index >= 15 is 0 Å². The molecule has 3 nitrogen and oxygen atoms in total. The fraction of sp³-hybridized carbons (Fsp3) is 0.273. The van der Waals surface area contributed by atoms with Gasteiger partial charge in [-0.2, -0.15) is 4.72 Å². The molecule has 0 aliphatic heterocycles. The van der Waals surface area contributed by atoms with Crippen molar-refractivity contribution in [2.24, 2.45) is 0 Å². The highest BCUT2D eigenvalue weighted by Gasteiger charge is 2.30. The van der Waals surface area contributed by atoms with E-state index in [4.69, 9.17) is 6.42 Å². The van der Waals surface area contributed by atoms with E-state index < -0.39 is 37.9 Å². The molecular formula is C11H10F3NO2S. The van der Waals surface area contributed by atoms with Crippen molar-refractivity contribution in [3.63, 3.8) is 0 Å². The first-order chi connectivity index (χ1) is 8.09. The molecule has 98 valence electrons. The zero-order valence-corrected chi connectivity index (χ0v) is 10.4. The molecule has 0 aliphatic rings. The molecule has 0 spiro atoms. The van der Waals surface area contributed by atoms with E-state index in [1.165, 1.54) is 13.8 Å². The molecule has 0 unspecified atom stereocenters. The van der Waals surface area contributed by atoms with Gasteiger partial charge in [-0.05, 0) is 13.8 Å². The minimum Gasteiger partial charge on any atom is -0.207 e. The zero-order chi connectivity index (χ0) is 14.1. The molecule has 1 rings (SSSR count). The number of rotatable bonds is 3. The number of nitrogens with one attached hydrogen (secondary N) is 1. The summed E-state index contributed by atoms with van der Waals surface area (Å²) < 4.78 is 64.8. The van der Waals surface area contributed by atoms with Gasteiger partial charge >= 0.3 is 0 Å². The summed E-state index contributed by atoms with van der Waals surface area (Å²) in [4.78, 5) is -1.26. The molecule has 0 aliphatic carbocycles. The first-order valence-corrected chi connectivity index (χ1v) is 6.24. The number of terminal acetylenes is 1. The molecule has 0 heterocycles. The fourth-order valence-electron chi connectivity index (χ4n) is 1.20. The molecule has 7 heteroatoms. The number of sulfonamides is 1. The molecule has 0 atom stereocenters. The van der Waals surface area contributed by atoms with Crippen molar-refractivity contribution in [3.8, 4) is 12.3 Å². The SMILES string of the molecule is C#CC(C)(C)NS(=O)(=O)c1c(F)cc(F)cc1F. The number of halogens is 3. The van der Waals surface area contributed by atoms with E-state index in [1.54, 1.807) is 0 Å². The Bertz CT molecular complexity index is 595. The van der Waals surface area contributed by atoms with Crippen molar-refractivity contribution in [3.05, 3.63) is 29.6 Å². The Kier molecular flexibility index (Phi) is 3.74. The van der Waals surface area contributed by atoms with Crippen LogP contribution in [0.15, 0.2) is 17.0 Å². The van der Waals surface area contributed by atoms with E-state index in [2.05, 4.69) is 5.92 Å². The summed E-state index contributed by atoms with van der Waals surface area (Å²) in [6, 6.07) is 0.557. The van der Waals surface area contributed by atoms with Crippen LogP contribution in [0.4, 0.5) is 13.2 Å². The first kappa shape index (κ1) is 14.5. The summed E-state index contributed by atoms with van der Waals surface area (Å²) in [5.74, 6) is -2.14. The van der Waals surface area contributed by atoms with Crippen LogP contribution >= 0.6 is 0 Å². The second kappa shape index (κ2) is 4.63. The molecule has 0 saturated heterocycles. The second-order valence-corrected chi connectivity index (χ2v) is 5.69. The molecule has 1 N–H and O–H groups in total. The van der Waals surface area contributed by atoms with Gasteiger partial charge in [-0.3, -0.25) is 0 Å². The maximum atomic E-state index is 13.3. The average Bonchev–Trinajstić information content (AvgIpc) is 2.13. The summed E-state index contributed by atoms with van der Waals surface area (Å²) in [7, 11) is -4.52. The van der Waals surface area contributed by atoms with Crippen LogP contribution in [0.3, 0.4) is 0 Å². The van der Waals surface area contributed by atoms with Gasteiger partial charge in [-0.1, -0.05) is 5.92 Å². The fourth-order valence-corrected chi connectivity index (χ4v) is 2.67. The molecule has 1 aromatic carbocycles. The lowest BCUT2D eigenvalue weighted by molar-refractivity contribution is 0.485. The van der Waals surface area contributed by atoms with Crippen LogP contribution in [0, 0.1) is 29.8 Å². The lowest BCUT2D eigenvalue weighted by atomic mass is 10.1. The second-order valence-electron chi connectivity index (χ2n) is 4.07. The lowest BCUT2D eigenvalue weighted by Gasteiger charge is -2.19. The Labute approximate surface area is 103 Å². The molecule has 0 radical (unpaired) electrons. The van der Waals surface area contributed by atoms with E-state index in [1.807, 2.05) is 4.72 Å². The van der Waals surface area contributed by atoms with Gasteiger partial charge in [0, 0.05) is 12.1 Å². The van der Waals surface area contributed by atoms with Crippen LogP contribution in [-0.4, -0.2) is 14.0 Å². The number of hydrogen-bond donors (Lipinski definition) is 1. The summed E-state index contributed by atoms with van der Waals surface area (Å²) in [5, 5.41) is 0. The Hall–Kier alpha value is -1.52. The maximum absolute atomic E-state index is 13.3. The van der Waals surface area contributed by atoms with Gasteiger partial charge in [0.1, 0.15) is 17.5 Å². The van der Waals surface area contributed by atoms with Crippen molar-refractivity contribution in [1.82, 2.24) is 4.72 Å². The molecule has 0 bridgehead atoms. The number of benzene rings is 1. The lowest BCUT2D eigenvalue weighted by Crippen LogP contribution is -2.42. The standard InChI is InChI=1S/C11H10F3NO2S/c1-4-11(2,3)15-18(16,17)10-8(13)5-7(12)6-9(10)14/h1,5-6,15H,2-3H3. The predicted octanol–water partition coefficient (Wildman–Crippen LogP) is 1.79. The van der Waals surface area contributed by atoms with Crippen LogP contribution in [0.5, 0.6) is 0 Å². The van der Waals surface area contributed by atoms with Gasteiger partial charge in [0.15, 0.2) is 4.90 Å². The van der Waals surface area contributed by atoms with Crippen molar-refractivity contribution in [2.45, 2.75) is 24.3 Å². The molecule has 0 saturated carbocycles. The van der Waals surface area contributed by atoms with E-state index in [-0.39, 0.29) is 12.1 Å². The first-order valence-electron chi connectivity index (χ1n) is 4.75. The Morgan fingerprint density at radius 2 is 1.67 bits per heavy atom. The van der Waals surface area contributed by atoms with Crippen LogP contribution in [-0.2, 0) is 10.0 Å². The van der Waals surface area contributed by atoms with Crippen LogP contribution in [0.25, 0.3) is 0 Å². The highest BCUT2D eigenvalue weighted by Crippen LogP contribution is 2.21. The summed E-state index contributed by atoms with van der Waals surface area (Å²) in [6.45, 7) is 2.67. The minimum atomic E-state index is -4.52. The van der Waals surface area contributed by atoms with Crippen molar-refractivity contribution < 1.29 is 21.6 Å². The topological polar surface area (TPSA) is 46.2 Å². The average molecular weight is 277 g/mol. The Morgan fingerprint density at radius 1 is 1.22 bits per heavy atom. The Morgan fingerprint density at radius 3 is 2.06 bits per heavy atom. The van der Waals surface area contributed by atoms with Gasteiger partial charge in [-0.15, -0.1) is 6.42 Å². The van der Waals surface area contributed by atoms with E-state index in [0.717, 1.165) is 0 Å². The largest absolute Gasteiger partial charge is 0.247 e. The highest BCUT2D eigenvalue weighted by molar-refractivity contribution is 7.89. The normalized spacial score (nSPS) is 12.2. The minimum absolute atomic E-state index is 0.278. The maximum Gasteiger partial charge on any atom is 0.247 e. The van der Waals surface area contributed by atoms with Crippen molar-refractivity contribution in [2.75, 3.05) is 0 Å². The van der Waals surface area contributed by atoms with Crippen molar-refractivity contribution >= 4 is 10.0 Å². The molecule has 18 heavy (non-hydrogen) atoms. The highest BCUT2D eigenvalue weighted by atomic mass is 32.2. The van der Waals surface area contributed by atoms with E-state index in [0.29, 0.717) is 0 Å². The van der Waals surface area contributed by atoms with Crippen LogP contribution < -0.4 is 4.72 Å². The quantitative estimate of drug-likeness (QED) is 0.856. The van der Waals surface area contributed by atoms with Gasteiger partial charge in [0.05, 0.1) is 5.54 Å². The third-order valence-corrected chi connectivity index (χ3v) is 3.69. The van der Waals surface area contributed by atoms with Gasteiger partial charge in [0.2, 0.25) is 10.0 Å². The third-order valence-electron chi connectivity index (χ3n) is 1.98. The Balaban J connectivity index is 3.36. The van der Waals surface area contributed by atoms with Gasteiger partial charge in [-0.25, -0.2) is 21.6 Å².